The molecule has 1 aromatic heterocycles. The number of aromatic nitrogens is 1. The molecule has 0 bridgehead atoms. The molecule has 3 N–H and O–H groups in total. The molecule has 0 saturated carbocycles. The van der Waals surface area contributed by atoms with Crippen LogP contribution in [-0.2, 0) is 6.42 Å². The summed E-state index contributed by atoms with van der Waals surface area (Å²) in [7, 11) is 0. The Morgan fingerprint density at radius 1 is 1.33 bits per heavy atom. The molecular formula is C18H18BrN3O2. The van der Waals surface area contributed by atoms with E-state index in [0.29, 0.717) is 5.69 Å². The van der Waals surface area contributed by atoms with E-state index in [1.54, 1.807) is 6.07 Å². The van der Waals surface area contributed by atoms with Crippen molar-refractivity contribution in [3.63, 3.8) is 0 Å². The van der Waals surface area contributed by atoms with Gasteiger partial charge in [-0.25, -0.2) is 0 Å². The van der Waals surface area contributed by atoms with Gasteiger partial charge in [0.05, 0.1) is 5.92 Å². The van der Waals surface area contributed by atoms with Crippen molar-refractivity contribution in [3.05, 3.63) is 73.9 Å². The van der Waals surface area contributed by atoms with E-state index in [-0.39, 0.29) is 17.4 Å². The van der Waals surface area contributed by atoms with Crippen LogP contribution in [0.5, 0.6) is 0 Å². The fourth-order valence-corrected chi connectivity index (χ4v) is 3.51. The van der Waals surface area contributed by atoms with E-state index in [0.717, 1.165) is 32.9 Å². The van der Waals surface area contributed by atoms with Crippen molar-refractivity contribution in [1.82, 2.24) is 4.98 Å². The number of nitro groups is 1. The molecule has 3 rings (SSSR count). The molecule has 24 heavy (non-hydrogen) atoms. The third-order valence-corrected chi connectivity index (χ3v) is 5.04. The molecule has 0 aliphatic heterocycles. The van der Waals surface area contributed by atoms with Gasteiger partial charge in [-0.3, -0.25) is 10.1 Å². The third kappa shape index (κ3) is 3.01. The average Bonchev–Trinajstić information content (AvgIpc) is 2.99. The standard InChI is InChI=1S/C18H18BrN3O2/c1-2-11-4-3-5-13-14(9-21-18(11)13)15(10-22(23)24)12-6-7-17(20)16(19)8-12/h3-9,15,21H,2,10,20H2,1H3. The molecule has 124 valence electrons. The summed E-state index contributed by atoms with van der Waals surface area (Å²) < 4.78 is 0.752. The lowest BCUT2D eigenvalue weighted by atomic mass is 9.90. The second-order valence-corrected chi connectivity index (χ2v) is 6.64. The summed E-state index contributed by atoms with van der Waals surface area (Å²) >= 11 is 3.41. The van der Waals surface area contributed by atoms with Crippen LogP contribution in [0.3, 0.4) is 0 Å². The first kappa shape index (κ1) is 16.5. The summed E-state index contributed by atoms with van der Waals surface area (Å²) in [5.74, 6) is -0.335. The summed E-state index contributed by atoms with van der Waals surface area (Å²) in [5, 5.41) is 12.3. The first-order chi connectivity index (χ1) is 11.5. The number of nitrogens with two attached hydrogens (primary N) is 1. The highest BCUT2D eigenvalue weighted by Gasteiger charge is 2.24. The largest absolute Gasteiger partial charge is 0.398 e. The van der Waals surface area contributed by atoms with Gasteiger partial charge in [0.1, 0.15) is 0 Å². The van der Waals surface area contributed by atoms with Crippen LogP contribution in [0.15, 0.2) is 47.1 Å². The minimum atomic E-state index is -0.335. The molecule has 5 nitrogen and oxygen atoms in total. The maximum absolute atomic E-state index is 11.2. The molecule has 0 amide bonds. The minimum Gasteiger partial charge on any atom is -0.398 e. The van der Waals surface area contributed by atoms with Gasteiger partial charge in [-0.15, -0.1) is 0 Å². The first-order valence-corrected chi connectivity index (χ1v) is 8.56. The van der Waals surface area contributed by atoms with Crippen molar-refractivity contribution in [2.75, 3.05) is 12.3 Å². The lowest BCUT2D eigenvalue weighted by molar-refractivity contribution is -0.481. The molecule has 1 unspecified atom stereocenters. The quantitative estimate of drug-likeness (QED) is 0.384. The lowest BCUT2D eigenvalue weighted by Crippen LogP contribution is -2.14. The zero-order valence-electron chi connectivity index (χ0n) is 13.3. The zero-order chi connectivity index (χ0) is 17.3. The molecule has 0 fully saturated rings. The maximum atomic E-state index is 11.2. The fourth-order valence-electron chi connectivity index (χ4n) is 3.11. The van der Waals surface area contributed by atoms with E-state index in [9.17, 15) is 10.1 Å². The third-order valence-electron chi connectivity index (χ3n) is 4.35. The molecule has 1 atom stereocenters. The Hall–Kier alpha value is -2.34. The Morgan fingerprint density at radius 3 is 2.79 bits per heavy atom. The number of rotatable bonds is 5. The Bertz CT molecular complexity index is 904. The summed E-state index contributed by atoms with van der Waals surface area (Å²) in [6, 6.07) is 11.6. The number of para-hydroxylation sites is 1. The van der Waals surface area contributed by atoms with Gasteiger partial charge < -0.3 is 10.7 Å². The number of aryl methyl sites for hydroxylation is 1. The number of hydrogen-bond acceptors (Lipinski definition) is 3. The van der Waals surface area contributed by atoms with Crippen LogP contribution in [0.25, 0.3) is 10.9 Å². The molecule has 1 heterocycles. The number of nitrogens with one attached hydrogen (secondary N) is 1. The molecule has 6 heteroatoms. The summed E-state index contributed by atoms with van der Waals surface area (Å²) in [5.41, 5.74) is 10.5. The molecule has 0 aliphatic carbocycles. The number of nitrogen functional groups attached to an aromatic ring is 1. The van der Waals surface area contributed by atoms with Crippen molar-refractivity contribution in [2.24, 2.45) is 0 Å². The number of halogens is 1. The highest BCUT2D eigenvalue weighted by atomic mass is 79.9. The van der Waals surface area contributed by atoms with Crippen LogP contribution in [0.1, 0.15) is 29.5 Å². The van der Waals surface area contributed by atoms with Gasteiger partial charge in [-0.1, -0.05) is 31.2 Å². The van der Waals surface area contributed by atoms with Gasteiger partial charge in [0.2, 0.25) is 6.54 Å². The van der Waals surface area contributed by atoms with Crippen LogP contribution in [0, 0.1) is 10.1 Å². The van der Waals surface area contributed by atoms with Gasteiger partial charge in [0, 0.05) is 32.2 Å². The van der Waals surface area contributed by atoms with Gasteiger partial charge in [0.25, 0.3) is 0 Å². The topological polar surface area (TPSA) is 84.9 Å². The number of anilines is 1. The predicted molar refractivity (Wildman–Crippen MR) is 99.9 cm³/mol. The van der Waals surface area contributed by atoms with Gasteiger partial charge in [0.15, 0.2) is 0 Å². The Labute approximate surface area is 148 Å². The van der Waals surface area contributed by atoms with Crippen LogP contribution < -0.4 is 5.73 Å². The van der Waals surface area contributed by atoms with Crippen molar-refractivity contribution >= 4 is 32.5 Å². The molecule has 2 aromatic carbocycles. The van der Waals surface area contributed by atoms with E-state index in [1.165, 1.54) is 5.56 Å². The number of hydrogen-bond donors (Lipinski definition) is 2. The van der Waals surface area contributed by atoms with Gasteiger partial charge in [-0.05, 0) is 51.2 Å². The average molecular weight is 388 g/mol. The van der Waals surface area contributed by atoms with Gasteiger partial charge >= 0.3 is 0 Å². The minimum absolute atomic E-state index is 0.167. The normalized spacial score (nSPS) is 12.4. The number of nitrogens with zero attached hydrogens (tertiary/aromatic N) is 1. The molecule has 0 spiro atoms. The smallest absolute Gasteiger partial charge is 0.214 e. The number of aromatic amines is 1. The highest BCUT2D eigenvalue weighted by Crippen LogP contribution is 2.34. The number of fused-ring (bicyclic) bond motifs is 1. The van der Waals surface area contributed by atoms with Crippen LogP contribution >= 0.6 is 15.9 Å². The molecule has 0 radical (unpaired) electrons. The van der Waals surface area contributed by atoms with Crippen LogP contribution in [0.2, 0.25) is 0 Å². The van der Waals surface area contributed by atoms with E-state index >= 15 is 0 Å². The molecular weight excluding hydrogens is 370 g/mol. The lowest BCUT2D eigenvalue weighted by Gasteiger charge is -2.14. The van der Waals surface area contributed by atoms with Gasteiger partial charge in [-0.2, -0.15) is 0 Å². The van der Waals surface area contributed by atoms with Crippen molar-refractivity contribution in [2.45, 2.75) is 19.3 Å². The second-order valence-electron chi connectivity index (χ2n) is 5.79. The zero-order valence-corrected chi connectivity index (χ0v) is 14.8. The molecule has 0 aliphatic rings. The van der Waals surface area contributed by atoms with E-state index in [1.807, 2.05) is 30.5 Å². The predicted octanol–water partition coefficient (Wildman–Crippen LogP) is 4.48. The highest BCUT2D eigenvalue weighted by molar-refractivity contribution is 9.10. The SMILES string of the molecule is CCc1cccc2c(C(C[N+](=O)[O-])c3ccc(N)c(Br)c3)c[nH]c12. The fraction of sp³-hybridized carbons (Fsp3) is 0.222. The van der Waals surface area contributed by atoms with Crippen molar-refractivity contribution in [1.29, 1.82) is 0 Å². The van der Waals surface area contributed by atoms with E-state index in [2.05, 4.69) is 33.9 Å². The number of benzene rings is 2. The van der Waals surface area contributed by atoms with Crippen molar-refractivity contribution in [3.8, 4) is 0 Å². The maximum Gasteiger partial charge on any atom is 0.214 e. The Balaban J connectivity index is 2.16. The Morgan fingerprint density at radius 2 is 2.12 bits per heavy atom. The Kier molecular flexibility index (Phi) is 4.57. The second kappa shape index (κ2) is 6.65. The molecule has 3 aromatic rings. The van der Waals surface area contributed by atoms with Crippen LogP contribution in [-0.4, -0.2) is 16.5 Å². The molecule has 0 saturated heterocycles. The summed E-state index contributed by atoms with van der Waals surface area (Å²) in [6.07, 6.45) is 2.80. The van der Waals surface area contributed by atoms with E-state index < -0.39 is 0 Å². The van der Waals surface area contributed by atoms with Crippen molar-refractivity contribution < 1.29 is 4.92 Å². The van der Waals surface area contributed by atoms with Crippen LogP contribution in [0.4, 0.5) is 5.69 Å². The first-order valence-electron chi connectivity index (χ1n) is 7.76. The number of H-pyrrole nitrogens is 1. The monoisotopic (exact) mass is 387 g/mol. The summed E-state index contributed by atoms with van der Waals surface area (Å²) in [6.45, 7) is 1.93. The van der Waals surface area contributed by atoms with E-state index in [4.69, 9.17) is 5.73 Å². The summed E-state index contributed by atoms with van der Waals surface area (Å²) in [4.78, 5) is 14.3.